The van der Waals surface area contributed by atoms with Crippen LogP contribution in [0.1, 0.15) is 25.3 Å². The Labute approximate surface area is 112 Å². The summed E-state index contributed by atoms with van der Waals surface area (Å²) in [5, 5.41) is 0. The van der Waals surface area contributed by atoms with E-state index in [-0.39, 0.29) is 11.8 Å². The van der Waals surface area contributed by atoms with Gasteiger partial charge in [-0.2, -0.15) is 0 Å². The number of ether oxygens (including phenoxy) is 1. The van der Waals surface area contributed by atoms with E-state index in [4.69, 9.17) is 4.74 Å². The van der Waals surface area contributed by atoms with Gasteiger partial charge in [0.25, 0.3) is 0 Å². The highest BCUT2D eigenvalue weighted by molar-refractivity contribution is 5.88. The summed E-state index contributed by atoms with van der Waals surface area (Å²) >= 11 is 0. The van der Waals surface area contributed by atoms with Crippen LogP contribution in [0.15, 0.2) is 36.0 Å². The van der Waals surface area contributed by atoms with Gasteiger partial charge in [-0.1, -0.05) is 12.1 Å². The molecule has 0 aromatic heterocycles. The quantitative estimate of drug-likeness (QED) is 0.782. The SMILES string of the molecule is CCOC(=O)C1=CN(Cc2cccc(F)c2)CCC1. The van der Waals surface area contributed by atoms with Crippen molar-refractivity contribution in [1.29, 1.82) is 0 Å². The van der Waals surface area contributed by atoms with Gasteiger partial charge in [-0.25, -0.2) is 9.18 Å². The third-order valence-corrected chi connectivity index (χ3v) is 3.04. The Kier molecular flexibility index (Phi) is 4.55. The number of rotatable bonds is 4. The third kappa shape index (κ3) is 3.81. The van der Waals surface area contributed by atoms with Crippen molar-refractivity contribution >= 4 is 5.97 Å². The van der Waals surface area contributed by atoms with E-state index < -0.39 is 0 Å². The zero-order chi connectivity index (χ0) is 13.7. The molecule has 0 aliphatic carbocycles. The Balaban J connectivity index is 2.04. The summed E-state index contributed by atoms with van der Waals surface area (Å²) in [6, 6.07) is 6.53. The van der Waals surface area contributed by atoms with Gasteiger partial charge < -0.3 is 9.64 Å². The Morgan fingerprint density at radius 3 is 3.05 bits per heavy atom. The van der Waals surface area contributed by atoms with Crippen LogP contribution in [0.25, 0.3) is 0 Å². The van der Waals surface area contributed by atoms with Gasteiger partial charge in [0.15, 0.2) is 0 Å². The second-order valence-electron chi connectivity index (χ2n) is 4.58. The molecule has 0 radical (unpaired) electrons. The van der Waals surface area contributed by atoms with Crippen molar-refractivity contribution in [3.8, 4) is 0 Å². The molecular formula is C15H18FNO2. The van der Waals surface area contributed by atoms with Crippen molar-refractivity contribution in [2.45, 2.75) is 26.3 Å². The summed E-state index contributed by atoms with van der Waals surface area (Å²) in [4.78, 5) is 13.7. The minimum absolute atomic E-state index is 0.232. The van der Waals surface area contributed by atoms with Crippen molar-refractivity contribution in [2.24, 2.45) is 0 Å². The Bertz CT molecular complexity index is 485. The molecule has 4 heteroatoms. The van der Waals surface area contributed by atoms with Gasteiger partial charge in [-0.3, -0.25) is 0 Å². The highest BCUT2D eigenvalue weighted by Gasteiger charge is 2.17. The maximum absolute atomic E-state index is 13.1. The van der Waals surface area contributed by atoms with Crippen molar-refractivity contribution in [3.63, 3.8) is 0 Å². The van der Waals surface area contributed by atoms with E-state index in [1.165, 1.54) is 12.1 Å². The first kappa shape index (κ1) is 13.6. The molecule has 2 rings (SSSR count). The van der Waals surface area contributed by atoms with Gasteiger partial charge in [0.2, 0.25) is 0 Å². The summed E-state index contributed by atoms with van der Waals surface area (Å²) in [6.07, 6.45) is 3.50. The highest BCUT2D eigenvalue weighted by Crippen LogP contribution is 2.18. The molecule has 1 aromatic carbocycles. The third-order valence-electron chi connectivity index (χ3n) is 3.04. The van der Waals surface area contributed by atoms with Crippen LogP contribution in [-0.2, 0) is 16.1 Å². The van der Waals surface area contributed by atoms with E-state index in [0.29, 0.717) is 18.7 Å². The fourth-order valence-electron chi connectivity index (χ4n) is 2.20. The smallest absolute Gasteiger partial charge is 0.335 e. The standard InChI is InChI=1S/C15H18FNO2/c1-2-19-15(18)13-6-4-8-17(11-13)10-12-5-3-7-14(16)9-12/h3,5,7,9,11H,2,4,6,8,10H2,1H3. The van der Waals surface area contributed by atoms with Gasteiger partial charge in [-0.05, 0) is 37.5 Å². The van der Waals surface area contributed by atoms with E-state index in [1.54, 1.807) is 13.0 Å². The largest absolute Gasteiger partial charge is 0.463 e. The normalized spacial score (nSPS) is 15.1. The average molecular weight is 263 g/mol. The molecule has 1 aromatic rings. The van der Waals surface area contributed by atoms with Crippen molar-refractivity contribution in [2.75, 3.05) is 13.2 Å². The first-order valence-corrected chi connectivity index (χ1v) is 6.55. The van der Waals surface area contributed by atoms with E-state index in [2.05, 4.69) is 0 Å². The second-order valence-corrected chi connectivity index (χ2v) is 4.58. The van der Waals surface area contributed by atoms with Crippen LogP contribution in [-0.4, -0.2) is 24.0 Å². The molecular weight excluding hydrogens is 245 g/mol. The lowest BCUT2D eigenvalue weighted by Crippen LogP contribution is -2.25. The molecule has 0 N–H and O–H groups in total. The molecule has 0 saturated heterocycles. The van der Waals surface area contributed by atoms with Crippen molar-refractivity contribution in [1.82, 2.24) is 4.90 Å². The van der Waals surface area contributed by atoms with Crippen LogP contribution in [0.5, 0.6) is 0 Å². The van der Waals surface area contributed by atoms with Gasteiger partial charge in [0, 0.05) is 19.3 Å². The fraction of sp³-hybridized carbons (Fsp3) is 0.400. The molecule has 1 heterocycles. The first-order valence-electron chi connectivity index (χ1n) is 6.55. The van der Waals surface area contributed by atoms with Crippen LogP contribution < -0.4 is 0 Å². The van der Waals surface area contributed by atoms with Gasteiger partial charge >= 0.3 is 5.97 Å². The fourth-order valence-corrected chi connectivity index (χ4v) is 2.20. The Morgan fingerprint density at radius 2 is 2.32 bits per heavy atom. The van der Waals surface area contributed by atoms with Crippen LogP contribution in [0.4, 0.5) is 4.39 Å². The van der Waals surface area contributed by atoms with Gasteiger partial charge in [-0.15, -0.1) is 0 Å². The van der Waals surface area contributed by atoms with Gasteiger partial charge in [0.05, 0.1) is 12.2 Å². The maximum atomic E-state index is 13.1. The zero-order valence-electron chi connectivity index (χ0n) is 11.1. The molecule has 0 fully saturated rings. The van der Waals surface area contributed by atoms with Crippen LogP contribution >= 0.6 is 0 Å². The molecule has 0 amide bonds. The lowest BCUT2D eigenvalue weighted by molar-refractivity contribution is -0.138. The summed E-state index contributed by atoms with van der Waals surface area (Å²) in [7, 11) is 0. The molecule has 1 aliphatic rings. The molecule has 0 spiro atoms. The lowest BCUT2D eigenvalue weighted by Gasteiger charge is -2.26. The number of carbonyl (C=O) groups is 1. The minimum Gasteiger partial charge on any atom is -0.463 e. The summed E-state index contributed by atoms with van der Waals surface area (Å²) < 4.78 is 18.1. The van der Waals surface area contributed by atoms with Crippen molar-refractivity contribution in [3.05, 3.63) is 47.4 Å². The number of esters is 1. The van der Waals surface area contributed by atoms with E-state index in [1.807, 2.05) is 17.2 Å². The number of nitrogens with zero attached hydrogens (tertiary/aromatic N) is 1. The summed E-state index contributed by atoms with van der Waals surface area (Å²) in [5.41, 5.74) is 1.60. The summed E-state index contributed by atoms with van der Waals surface area (Å²) in [6.45, 7) is 3.67. The van der Waals surface area contributed by atoms with Crippen LogP contribution in [0.3, 0.4) is 0 Å². The first-order chi connectivity index (χ1) is 9.19. The average Bonchev–Trinajstić information content (AvgIpc) is 2.39. The van der Waals surface area contributed by atoms with Crippen molar-refractivity contribution < 1.29 is 13.9 Å². The van der Waals surface area contributed by atoms with E-state index in [9.17, 15) is 9.18 Å². The molecule has 1 aliphatic heterocycles. The molecule has 3 nitrogen and oxygen atoms in total. The Hall–Kier alpha value is -1.84. The Morgan fingerprint density at radius 1 is 1.47 bits per heavy atom. The summed E-state index contributed by atoms with van der Waals surface area (Å²) in [5.74, 6) is -0.476. The van der Waals surface area contributed by atoms with Gasteiger partial charge in [0.1, 0.15) is 5.82 Å². The molecule has 0 saturated carbocycles. The molecule has 0 bridgehead atoms. The number of benzene rings is 1. The lowest BCUT2D eigenvalue weighted by atomic mass is 10.1. The highest BCUT2D eigenvalue weighted by atomic mass is 19.1. The minimum atomic E-state index is -0.244. The molecule has 19 heavy (non-hydrogen) atoms. The molecule has 0 unspecified atom stereocenters. The number of hydrogen-bond donors (Lipinski definition) is 0. The molecule has 102 valence electrons. The van der Waals surface area contributed by atoms with Crippen LogP contribution in [0.2, 0.25) is 0 Å². The number of hydrogen-bond acceptors (Lipinski definition) is 3. The van der Waals surface area contributed by atoms with E-state index >= 15 is 0 Å². The topological polar surface area (TPSA) is 29.5 Å². The monoisotopic (exact) mass is 263 g/mol. The molecule has 0 atom stereocenters. The maximum Gasteiger partial charge on any atom is 0.335 e. The van der Waals surface area contributed by atoms with Crippen LogP contribution in [0, 0.1) is 5.82 Å². The predicted molar refractivity (Wildman–Crippen MR) is 70.8 cm³/mol. The van der Waals surface area contributed by atoms with E-state index in [0.717, 1.165) is 24.9 Å². The zero-order valence-corrected chi connectivity index (χ0v) is 11.1. The predicted octanol–water partition coefficient (Wildman–Crippen LogP) is 2.87. The number of carbonyl (C=O) groups excluding carboxylic acids is 1. The number of halogens is 1. The second kappa shape index (κ2) is 6.36.